The van der Waals surface area contributed by atoms with Crippen molar-refractivity contribution in [3.8, 4) is 0 Å². The van der Waals surface area contributed by atoms with Crippen LogP contribution in [-0.4, -0.2) is 33.0 Å². The molecule has 0 atom stereocenters. The number of nitrogens with zero attached hydrogens (tertiary/aromatic N) is 4. The minimum Gasteiger partial charge on any atom is -0.356 e. The number of aromatic nitrogens is 3. The van der Waals surface area contributed by atoms with Gasteiger partial charge in [-0.3, -0.25) is 0 Å². The highest BCUT2D eigenvalue weighted by Crippen LogP contribution is 2.23. The second-order valence-corrected chi connectivity index (χ2v) is 5.15. The van der Waals surface area contributed by atoms with Crippen molar-refractivity contribution < 1.29 is 0 Å². The molecule has 0 N–H and O–H groups in total. The van der Waals surface area contributed by atoms with E-state index in [9.17, 15) is 0 Å². The third-order valence-corrected chi connectivity index (χ3v) is 4.32. The summed E-state index contributed by atoms with van der Waals surface area (Å²) in [5.74, 6) is 1.90. The fraction of sp³-hybridized carbons (Fsp3) is 0.500. The van der Waals surface area contributed by atoms with E-state index in [1.807, 2.05) is 12.3 Å². The Morgan fingerprint density at radius 2 is 2.12 bits per heavy atom. The second-order valence-electron chi connectivity index (χ2n) is 4.50. The summed E-state index contributed by atoms with van der Waals surface area (Å²) in [6.45, 7) is 2.21. The molecule has 1 fully saturated rings. The van der Waals surface area contributed by atoms with Gasteiger partial charge in [0.05, 0.1) is 6.20 Å². The van der Waals surface area contributed by atoms with E-state index < -0.39 is 0 Å². The van der Waals surface area contributed by atoms with E-state index in [0.29, 0.717) is 0 Å². The first-order valence-electron chi connectivity index (χ1n) is 5.98. The molecule has 1 saturated heterocycles. The van der Waals surface area contributed by atoms with Gasteiger partial charge in [-0.1, -0.05) is 15.9 Å². The van der Waals surface area contributed by atoms with Gasteiger partial charge in [-0.05, 0) is 24.8 Å². The lowest BCUT2D eigenvalue weighted by atomic mass is 9.99. The Hall–Kier alpha value is -1.10. The SMILES string of the molecule is BrCC1CCN(c2ccn3nccc3n2)CC1. The average molecular weight is 295 g/mol. The van der Waals surface area contributed by atoms with Crippen molar-refractivity contribution in [3.63, 3.8) is 0 Å². The summed E-state index contributed by atoms with van der Waals surface area (Å²) in [6.07, 6.45) is 6.26. The molecule has 5 heteroatoms. The number of alkyl halides is 1. The van der Waals surface area contributed by atoms with Gasteiger partial charge in [-0.25, -0.2) is 9.50 Å². The van der Waals surface area contributed by atoms with Crippen LogP contribution in [0.25, 0.3) is 5.65 Å². The van der Waals surface area contributed by atoms with Gasteiger partial charge in [-0.15, -0.1) is 0 Å². The zero-order chi connectivity index (χ0) is 11.7. The molecule has 0 bridgehead atoms. The van der Waals surface area contributed by atoms with Crippen molar-refractivity contribution in [2.45, 2.75) is 12.8 Å². The third kappa shape index (κ3) is 2.16. The van der Waals surface area contributed by atoms with Crippen molar-refractivity contribution >= 4 is 27.4 Å². The lowest BCUT2D eigenvalue weighted by molar-refractivity contribution is 0.445. The molecule has 17 heavy (non-hydrogen) atoms. The molecular weight excluding hydrogens is 280 g/mol. The van der Waals surface area contributed by atoms with Crippen LogP contribution in [0.5, 0.6) is 0 Å². The van der Waals surface area contributed by atoms with Gasteiger partial charge >= 0.3 is 0 Å². The van der Waals surface area contributed by atoms with Crippen LogP contribution in [0.15, 0.2) is 24.5 Å². The Kier molecular flexibility index (Phi) is 3.01. The highest BCUT2D eigenvalue weighted by Gasteiger charge is 2.19. The van der Waals surface area contributed by atoms with Gasteiger partial charge in [0, 0.05) is 30.7 Å². The summed E-state index contributed by atoms with van der Waals surface area (Å²) in [5.41, 5.74) is 0.921. The highest BCUT2D eigenvalue weighted by molar-refractivity contribution is 9.09. The molecule has 0 saturated carbocycles. The minimum atomic E-state index is 0.824. The summed E-state index contributed by atoms with van der Waals surface area (Å²) in [4.78, 5) is 6.99. The number of fused-ring (bicyclic) bond motifs is 1. The number of piperidine rings is 1. The van der Waals surface area contributed by atoms with E-state index in [1.54, 1.807) is 10.7 Å². The van der Waals surface area contributed by atoms with Gasteiger partial charge in [0.1, 0.15) is 5.82 Å². The van der Waals surface area contributed by atoms with Crippen molar-refractivity contribution in [1.29, 1.82) is 0 Å². The summed E-state index contributed by atoms with van der Waals surface area (Å²) < 4.78 is 1.80. The third-order valence-electron chi connectivity index (χ3n) is 3.40. The van der Waals surface area contributed by atoms with Crippen LogP contribution in [0.1, 0.15) is 12.8 Å². The van der Waals surface area contributed by atoms with Crippen LogP contribution in [0, 0.1) is 5.92 Å². The van der Waals surface area contributed by atoms with Crippen molar-refractivity contribution in [2.75, 3.05) is 23.3 Å². The van der Waals surface area contributed by atoms with Crippen LogP contribution in [0.3, 0.4) is 0 Å². The van der Waals surface area contributed by atoms with Crippen LogP contribution in [-0.2, 0) is 0 Å². The van der Waals surface area contributed by atoms with E-state index in [-0.39, 0.29) is 0 Å². The Labute approximate surface area is 109 Å². The van der Waals surface area contributed by atoms with Crippen molar-refractivity contribution in [3.05, 3.63) is 24.5 Å². The van der Waals surface area contributed by atoms with E-state index >= 15 is 0 Å². The highest BCUT2D eigenvalue weighted by atomic mass is 79.9. The summed E-state index contributed by atoms with van der Waals surface area (Å²) in [6, 6.07) is 3.99. The molecule has 0 aromatic carbocycles. The quantitative estimate of drug-likeness (QED) is 0.797. The van der Waals surface area contributed by atoms with E-state index in [0.717, 1.165) is 35.8 Å². The Morgan fingerprint density at radius 3 is 2.88 bits per heavy atom. The molecule has 0 aliphatic carbocycles. The van der Waals surface area contributed by atoms with Gasteiger partial charge in [0.2, 0.25) is 0 Å². The molecule has 0 spiro atoms. The molecule has 2 aromatic heterocycles. The van der Waals surface area contributed by atoms with Gasteiger partial charge in [0.25, 0.3) is 0 Å². The maximum absolute atomic E-state index is 4.62. The van der Waals surface area contributed by atoms with Crippen LogP contribution >= 0.6 is 15.9 Å². The normalized spacial score (nSPS) is 17.8. The second kappa shape index (κ2) is 4.64. The average Bonchev–Trinajstić information content (AvgIpc) is 2.86. The van der Waals surface area contributed by atoms with Crippen LogP contribution in [0.2, 0.25) is 0 Å². The predicted molar refractivity (Wildman–Crippen MR) is 71.7 cm³/mol. The zero-order valence-corrected chi connectivity index (χ0v) is 11.2. The Bertz CT molecular complexity index is 502. The largest absolute Gasteiger partial charge is 0.356 e. The molecule has 2 aromatic rings. The summed E-state index contributed by atoms with van der Waals surface area (Å²) >= 11 is 3.57. The van der Waals surface area contributed by atoms with Gasteiger partial charge in [0.15, 0.2) is 5.65 Å². The van der Waals surface area contributed by atoms with Crippen molar-refractivity contribution in [2.24, 2.45) is 5.92 Å². The molecule has 4 nitrogen and oxygen atoms in total. The topological polar surface area (TPSA) is 33.4 Å². The smallest absolute Gasteiger partial charge is 0.157 e. The first-order chi connectivity index (χ1) is 8.36. The lowest BCUT2D eigenvalue weighted by Gasteiger charge is -2.31. The molecule has 3 rings (SSSR count). The molecule has 3 heterocycles. The number of hydrogen-bond donors (Lipinski definition) is 0. The molecule has 90 valence electrons. The first-order valence-corrected chi connectivity index (χ1v) is 7.10. The molecular formula is C12H15BrN4. The Morgan fingerprint density at radius 1 is 1.29 bits per heavy atom. The monoisotopic (exact) mass is 294 g/mol. The maximum Gasteiger partial charge on any atom is 0.157 e. The van der Waals surface area contributed by atoms with E-state index in [1.165, 1.54) is 12.8 Å². The standard InChI is InChI=1S/C12H15BrN4/c13-9-10-2-6-16(7-3-10)11-4-8-17-12(15-11)1-5-14-17/h1,4-5,8,10H,2-3,6-7,9H2. The fourth-order valence-corrected chi connectivity index (χ4v) is 2.94. The molecule has 1 aliphatic heterocycles. The molecule has 0 unspecified atom stereocenters. The lowest BCUT2D eigenvalue weighted by Crippen LogP contribution is -2.34. The summed E-state index contributed by atoms with van der Waals surface area (Å²) in [5, 5.41) is 5.28. The molecule has 0 amide bonds. The fourth-order valence-electron chi connectivity index (χ4n) is 2.30. The number of anilines is 1. The number of hydrogen-bond acceptors (Lipinski definition) is 3. The summed E-state index contributed by atoms with van der Waals surface area (Å²) in [7, 11) is 0. The van der Waals surface area contributed by atoms with Crippen molar-refractivity contribution in [1.82, 2.24) is 14.6 Å². The van der Waals surface area contributed by atoms with Crippen LogP contribution < -0.4 is 4.90 Å². The molecule has 1 aliphatic rings. The first kappa shape index (κ1) is 11.0. The van der Waals surface area contributed by atoms with Gasteiger partial charge < -0.3 is 4.90 Å². The van der Waals surface area contributed by atoms with E-state index in [4.69, 9.17) is 0 Å². The number of halogens is 1. The molecule has 0 radical (unpaired) electrons. The van der Waals surface area contributed by atoms with E-state index in [2.05, 4.69) is 37.0 Å². The van der Waals surface area contributed by atoms with Gasteiger partial charge in [-0.2, -0.15) is 5.10 Å². The number of rotatable bonds is 2. The minimum absolute atomic E-state index is 0.824. The van der Waals surface area contributed by atoms with Crippen LogP contribution in [0.4, 0.5) is 5.82 Å². The predicted octanol–water partition coefficient (Wildman–Crippen LogP) is 2.34. The Balaban J connectivity index is 1.79. The maximum atomic E-state index is 4.62. The zero-order valence-electron chi connectivity index (χ0n) is 9.59.